The molecule has 3 heteroatoms. The van der Waals surface area contributed by atoms with E-state index in [-0.39, 0.29) is 0 Å². The van der Waals surface area contributed by atoms with Gasteiger partial charge in [-0.2, -0.15) is 0 Å². The van der Waals surface area contributed by atoms with Crippen molar-refractivity contribution in [3.63, 3.8) is 0 Å². The Balaban J connectivity index is 0.000000686. The first-order valence-electron chi connectivity index (χ1n) is 6.21. The molecule has 2 rings (SSSR count). The third-order valence-corrected chi connectivity index (χ3v) is 2.87. The predicted octanol–water partition coefficient (Wildman–Crippen LogP) is 2.76. The van der Waals surface area contributed by atoms with Crippen LogP contribution in [0.25, 0.3) is 0 Å². The van der Waals surface area contributed by atoms with Crippen LogP contribution in [0.3, 0.4) is 0 Å². The Bertz CT molecular complexity index is 363. The van der Waals surface area contributed by atoms with Crippen molar-refractivity contribution in [1.82, 2.24) is 5.32 Å². The molecule has 1 unspecified atom stereocenters. The van der Waals surface area contributed by atoms with Gasteiger partial charge in [-0.05, 0) is 36.6 Å². The Morgan fingerprint density at radius 3 is 2.12 bits per heavy atom. The maximum Gasteiger partial charge on any atom is 0.161 e. The number of hydrogen-bond acceptors (Lipinski definition) is 3. The molecule has 0 spiro atoms. The molecule has 0 radical (unpaired) electrons. The van der Waals surface area contributed by atoms with Crippen LogP contribution in [-0.4, -0.2) is 20.3 Å². The van der Waals surface area contributed by atoms with Crippen molar-refractivity contribution in [2.24, 2.45) is 0 Å². The van der Waals surface area contributed by atoms with Crippen molar-refractivity contribution in [1.29, 1.82) is 0 Å². The van der Waals surface area contributed by atoms with Crippen LogP contribution < -0.4 is 14.8 Å². The van der Waals surface area contributed by atoms with E-state index in [4.69, 9.17) is 9.47 Å². The Morgan fingerprint density at radius 2 is 1.59 bits per heavy atom. The molecule has 3 nitrogen and oxygen atoms in total. The number of rotatable bonds is 2. The molecule has 0 aromatic heterocycles. The Morgan fingerprint density at radius 1 is 1.06 bits per heavy atom. The van der Waals surface area contributed by atoms with Crippen LogP contribution in [0.2, 0.25) is 0 Å². The van der Waals surface area contributed by atoms with Gasteiger partial charge in [0.05, 0.1) is 14.2 Å². The number of nitrogens with one attached hydrogen (secondary N) is 1. The number of hydrogen-bond donors (Lipinski definition) is 1. The summed E-state index contributed by atoms with van der Waals surface area (Å²) in [5, 5.41) is 3.43. The Labute approximate surface area is 104 Å². The molecule has 0 saturated carbocycles. The first-order valence-corrected chi connectivity index (χ1v) is 6.21. The Hall–Kier alpha value is -1.22. The summed E-state index contributed by atoms with van der Waals surface area (Å²) in [4.78, 5) is 0. The molecular formula is C14H23NO2. The molecule has 1 atom stereocenters. The van der Waals surface area contributed by atoms with E-state index in [1.54, 1.807) is 14.2 Å². The fourth-order valence-corrected chi connectivity index (χ4v) is 2.00. The fourth-order valence-electron chi connectivity index (χ4n) is 2.00. The molecule has 0 aliphatic carbocycles. The molecule has 1 N–H and O–H groups in total. The number of methoxy groups -OCH3 is 2. The monoisotopic (exact) mass is 237 g/mol. The highest BCUT2D eigenvalue weighted by Crippen LogP contribution is 2.32. The number of fused-ring (bicyclic) bond motifs is 1. The quantitative estimate of drug-likeness (QED) is 0.858. The third-order valence-electron chi connectivity index (χ3n) is 2.87. The van der Waals surface area contributed by atoms with E-state index in [1.165, 1.54) is 11.1 Å². The van der Waals surface area contributed by atoms with Crippen LogP contribution in [-0.2, 0) is 13.0 Å². The predicted molar refractivity (Wildman–Crippen MR) is 70.9 cm³/mol. The van der Waals surface area contributed by atoms with Crippen molar-refractivity contribution < 1.29 is 9.47 Å². The summed E-state index contributed by atoms with van der Waals surface area (Å²) >= 11 is 0. The topological polar surface area (TPSA) is 30.5 Å². The van der Waals surface area contributed by atoms with Gasteiger partial charge in [0.1, 0.15) is 0 Å². The standard InChI is InChI=1S/C12H17NO2.C2H6/c1-8-4-9-5-11(14-2)12(15-3)6-10(9)7-13-8;1-2/h5-6,8,13H,4,7H2,1-3H3;1-2H3. The van der Waals surface area contributed by atoms with Crippen LogP contribution >= 0.6 is 0 Å². The zero-order valence-electron chi connectivity index (χ0n) is 11.5. The average molecular weight is 237 g/mol. The van der Waals surface area contributed by atoms with E-state index in [0.29, 0.717) is 6.04 Å². The third kappa shape index (κ3) is 3.13. The van der Waals surface area contributed by atoms with Crippen molar-refractivity contribution in [2.75, 3.05) is 14.2 Å². The molecule has 0 amide bonds. The molecule has 0 fully saturated rings. The maximum atomic E-state index is 5.29. The van der Waals surface area contributed by atoms with E-state index in [2.05, 4.69) is 24.4 Å². The van der Waals surface area contributed by atoms with E-state index in [9.17, 15) is 0 Å². The molecule has 1 aromatic carbocycles. The van der Waals surface area contributed by atoms with Gasteiger partial charge >= 0.3 is 0 Å². The molecule has 1 heterocycles. The Kier molecular flexibility index (Phi) is 5.29. The highest BCUT2D eigenvalue weighted by Gasteiger charge is 2.17. The fraction of sp³-hybridized carbons (Fsp3) is 0.571. The van der Waals surface area contributed by atoms with E-state index >= 15 is 0 Å². The second-order valence-corrected chi connectivity index (χ2v) is 3.96. The van der Waals surface area contributed by atoms with Gasteiger partial charge in [-0.15, -0.1) is 0 Å². The first-order chi connectivity index (χ1) is 8.24. The molecule has 1 aliphatic heterocycles. The normalized spacial score (nSPS) is 17.6. The minimum atomic E-state index is 0.538. The van der Waals surface area contributed by atoms with Crippen LogP contribution in [0.1, 0.15) is 31.9 Å². The van der Waals surface area contributed by atoms with Crippen LogP contribution in [0.5, 0.6) is 11.5 Å². The van der Waals surface area contributed by atoms with Gasteiger partial charge in [0.15, 0.2) is 11.5 Å². The minimum Gasteiger partial charge on any atom is -0.493 e. The molecule has 0 saturated heterocycles. The first kappa shape index (κ1) is 13.8. The summed E-state index contributed by atoms with van der Waals surface area (Å²) in [6.45, 7) is 7.11. The zero-order valence-corrected chi connectivity index (χ0v) is 11.5. The zero-order chi connectivity index (χ0) is 12.8. The maximum absolute atomic E-state index is 5.29. The highest BCUT2D eigenvalue weighted by molar-refractivity contribution is 5.48. The van der Waals surface area contributed by atoms with Crippen molar-refractivity contribution in [2.45, 2.75) is 39.8 Å². The van der Waals surface area contributed by atoms with E-state index in [0.717, 1.165) is 24.5 Å². The average Bonchev–Trinajstić information content (AvgIpc) is 2.39. The van der Waals surface area contributed by atoms with E-state index in [1.807, 2.05) is 13.8 Å². The molecule has 17 heavy (non-hydrogen) atoms. The van der Waals surface area contributed by atoms with Gasteiger partial charge in [0, 0.05) is 12.6 Å². The largest absolute Gasteiger partial charge is 0.493 e. The van der Waals surface area contributed by atoms with Gasteiger partial charge in [-0.25, -0.2) is 0 Å². The number of ether oxygens (including phenoxy) is 2. The van der Waals surface area contributed by atoms with Gasteiger partial charge in [0.25, 0.3) is 0 Å². The number of benzene rings is 1. The lowest BCUT2D eigenvalue weighted by atomic mass is 9.96. The summed E-state index contributed by atoms with van der Waals surface area (Å²) < 4.78 is 10.6. The summed E-state index contributed by atoms with van der Waals surface area (Å²) in [5.74, 6) is 1.64. The van der Waals surface area contributed by atoms with Crippen LogP contribution in [0.15, 0.2) is 12.1 Å². The van der Waals surface area contributed by atoms with Gasteiger partial charge in [0.2, 0.25) is 0 Å². The summed E-state index contributed by atoms with van der Waals surface area (Å²) in [7, 11) is 3.35. The van der Waals surface area contributed by atoms with Crippen LogP contribution in [0.4, 0.5) is 0 Å². The molecule has 1 aliphatic rings. The lowest BCUT2D eigenvalue weighted by Crippen LogP contribution is -2.32. The highest BCUT2D eigenvalue weighted by atomic mass is 16.5. The molecule has 0 bridgehead atoms. The van der Waals surface area contributed by atoms with E-state index < -0.39 is 0 Å². The van der Waals surface area contributed by atoms with Crippen molar-refractivity contribution in [3.8, 4) is 11.5 Å². The van der Waals surface area contributed by atoms with Crippen molar-refractivity contribution >= 4 is 0 Å². The SMILES string of the molecule is CC.COc1cc2c(cc1OC)CC(C)NC2. The van der Waals surface area contributed by atoms with Gasteiger partial charge < -0.3 is 14.8 Å². The summed E-state index contributed by atoms with van der Waals surface area (Å²) in [6.07, 6.45) is 1.05. The lowest BCUT2D eigenvalue weighted by molar-refractivity contribution is 0.352. The molecule has 96 valence electrons. The lowest BCUT2D eigenvalue weighted by Gasteiger charge is -2.24. The van der Waals surface area contributed by atoms with Gasteiger partial charge in [-0.1, -0.05) is 13.8 Å². The van der Waals surface area contributed by atoms with Crippen molar-refractivity contribution in [3.05, 3.63) is 23.3 Å². The minimum absolute atomic E-state index is 0.538. The molecule has 1 aromatic rings. The second-order valence-electron chi connectivity index (χ2n) is 3.96. The summed E-state index contributed by atoms with van der Waals surface area (Å²) in [5.41, 5.74) is 2.67. The van der Waals surface area contributed by atoms with Crippen LogP contribution in [0, 0.1) is 0 Å². The molecular weight excluding hydrogens is 214 g/mol. The van der Waals surface area contributed by atoms with Gasteiger partial charge in [-0.3, -0.25) is 0 Å². The second kappa shape index (κ2) is 6.50. The summed E-state index contributed by atoms with van der Waals surface area (Å²) in [6, 6.07) is 4.69. The smallest absolute Gasteiger partial charge is 0.161 e.